The van der Waals surface area contributed by atoms with E-state index < -0.39 is 12.1 Å². The standard InChI is InChI=1S/C31H43N3O6S/c1-18(2)12-14-32-31(37)25(13-15-41-7)34-24-11-9-21-22(17-26(24)36)23(33-19(3)35)10-8-20-16-27(38-4)29(39-5)30(40-6)28(20)21/h9,11,16-18,23,25H,8,10,12-15H2,1-7H3,(H,32,37)(H,33,35)(H,34,36)/t23-,25-/m1/s1. The van der Waals surface area contributed by atoms with Crippen LogP contribution in [0.1, 0.15) is 57.2 Å². The molecule has 10 heteroatoms. The van der Waals surface area contributed by atoms with Gasteiger partial charge in [0.1, 0.15) is 6.04 Å². The molecule has 0 saturated heterocycles. The SMILES string of the molecule is COc1cc2c(c(OC)c1OC)-c1ccc(N[C@H](CCSC)C(=O)NCCC(C)C)c(=O)cc1[C@H](NC(C)=O)CC2. The lowest BCUT2D eigenvalue weighted by Gasteiger charge is -2.19. The number of carbonyl (C=O) groups is 2. The number of nitrogens with one attached hydrogen (secondary N) is 3. The van der Waals surface area contributed by atoms with Crippen LogP contribution in [0, 0.1) is 5.92 Å². The zero-order valence-electron chi connectivity index (χ0n) is 25.1. The summed E-state index contributed by atoms with van der Waals surface area (Å²) < 4.78 is 17.1. The van der Waals surface area contributed by atoms with Crippen molar-refractivity contribution in [2.24, 2.45) is 5.92 Å². The van der Waals surface area contributed by atoms with E-state index >= 15 is 0 Å². The van der Waals surface area contributed by atoms with Crippen LogP contribution in [0.15, 0.2) is 29.1 Å². The predicted octanol–water partition coefficient (Wildman–Crippen LogP) is 4.56. The maximum atomic E-state index is 13.7. The van der Waals surface area contributed by atoms with Crippen molar-refractivity contribution in [3.63, 3.8) is 0 Å². The van der Waals surface area contributed by atoms with Crippen molar-refractivity contribution in [2.75, 3.05) is 45.2 Å². The summed E-state index contributed by atoms with van der Waals surface area (Å²) in [6.07, 6.45) is 4.61. The molecular weight excluding hydrogens is 542 g/mol. The third-order valence-electron chi connectivity index (χ3n) is 7.19. The van der Waals surface area contributed by atoms with Gasteiger partial charge in [-0.15, -0.1) is 0 Å². The molecule has 224 valence electrons. The molecule has 0 unspecified atom stereocenters. The second kappa shape index (κ2) is 15.0. The van der Waals surface area contributed by atoms with E-state index in [1.165, 1.54) is 6.92 Å². The van der Waals surface area contributed by atoms with Crippen LogP contribution in [-0.4, -0.2) is 57.7 Å². The minimum absolute atomic E-state index is 0.132. The van der Waals surface area contributed by atoms with Crippen molar-refractivity contribution in [3.05, 3.63) is 45.6 Å². The topological polar surface area (TPSA) is 115 Å². The molecule has 3 N–H and O–H groups in total. The van der Waals surface area contributed by atoms with Crippen molar-refractivity contribution in [1.82, 2.24) is 10.6 Å². The van der Waals surface area contributed by atoms with E-state index in [1.54, 1.807) is 45.2 Å². The summed E-state index contributed by atoms with van der Waals surface area (Å²) in [5.74, 6) is 2.38. The van der Waals surface area contributed by atoms with E-state index in [-0.39, 0.29) is 17.2 Å². The third-order valence-corrected chi connectivity index (χ3v) is 7.84. The number of anilines is 1. The van der Waals surface area contributed by atoms with Gasteiger partial charge in [-0.1, -0.05) is 19.9 Å². The van der Waals surface area contributed by atoms with Gasteiger partial charge in [-0.05, 0) is 78.5 Å². The van der Waals surface area contributed by atoms with Gasteiger partial charge in [-0.2, -0.15) is 11.8 Å². The van der Waals surface area contributed by atoms with Gasteiger partial charge in [0.15, 0.2) is 11.5 Å². The van der Waals surface area contributed by atoms with Crippen LogP contribution in [0.25, 0.3) is 11.1 Å². The predicted molar refractivity (Wildman–Crippen MR) is 166 cm³/mol. The van der Waals surface area contributed by atoms with E-state index in [0.717, 1.165) is 28.9 Å². The molecule has 0 spiro atoms. The number of hydrogen-bond donors (Lipinski definition) is 3. The Kier molecular flexibility index (Phi) is 11.8. The summed E-state index contributed by atoms with van der Waals surface area (Å²) >= 11 is 1.65. The molecule has 2 amide bonds. The van der Waals surface area contributed by atoms with E-state index in [1.807, 2.05) is 18.4 Å². The maximum absolute atomic E-state index is 13.7. The number of fused-ring (bicyclic) bond motifs is 3. The van der Waals surface area contributed by atoms with Crippen LogP contribution in [-0.2, 0) is 16.0 Å². The molecule has 0 radical (unpaired) electrons. The lowest BCUT2D eigenvalue weighted by Crippen LogP contribution is -2.41. The van der Waals surface area contributed by atoms with Gasteiger partial charge in [0, 0.05) is 19.0 Å². The summed E-state index contributed by atoms with van der Waals surface area (Å²) in [6, 6.07) is 6.07. The first-order valence-electron chi connectivity index (χ1n) is 14.0. The van der Waals surface area contributed by atoms with Crippen LogP contribution >= 0.6 is 11.8 Å². The van der Waals surface area contributed by atoms with E-state index in [0.29, 0.717) is 60.2 Å². The fourth-order valence-electron chi connectivity index (χ4n) is 5.13. The highest BCUT2D eigenvalue weighted by Crippen LogP contribution is 2.50. The van der Waals surface area contributed by atoms with E-state index in [4.69, 9.17) is 14.2 Å². The Hall–Kier alpha value is -3.40. The summed E-state index contributed by atoms with van der Waals surface area (Å²) in [5, 5.41) is 9.26. The Morgan fingerprint density at radius 2 is 1.78 bits per heavy atom. The largest absolute Gasteiger partial charge is 0.493 e. The van der Waals surface area contributed by atoms with Gasteiger partial charge < -0.3 is 30.2 Å². The number of aryl methyl sites for hydroxylation is 1. The molecule has 1 aliphatic carbocycles. The number of thioether (sulfide) groups is 1. The minimum Gasteiger partial charge on any atom is -0.493 e. The first-order valence-corrected chi connectivity index (χ1v) is 15.3. The number of ether oxygens (including phenoxy) is 3. The normalized spacial score (nSPS) is 14.7. The average Bonchev–Trinajstić information content (AvgIpc) is 3.18. The van der Waals surface area contributed by atoms with E-state index in [9.17, 15) is 14.4 Å². The number of carbonyl (C=O) groups excluding carboxylic acids is 2. The van der Waals surface area contributed by atoms with Gasteiger partial charge in [0.05, 0.1) is 33.1 Å². The average molecular weight is 586 g/mol. The minimum atomic E-state index is -0.568. The highest BCUT2D eigenvalue weighted by Gasteiger charge is 2.30. The molecule has 9 nitrogen and oxygen atoms in total. The Balaban J connectivity index is 2.16. The zero-order chi connectivity index (χ0) is 30.1. The molecule has 2 aromatic rings. The molecule has 0 fully saturated rings. The number of benzene rings is 1. The molecule has 0 bridgehead atoms. The molecule has 41 heavy (non-hydrogen) atoms. The highest BCUT2D eigenvalue weighted by atomic mass is 32.2. The van der Waals surface area contributed by atoms with Crippen molar-refractivity contribution < 1.29 is 23.8 Å². The molecular formula is C31H43N3O6S. The van der Waals surface area contributed by atoms with Crippen LogP contribution in [0.5, 0.6) is 17.2 Å². The second-order valence-corrected chi connectivity index (χ2v) is 11.5. The smallest absolute Gasteiger partial charge is 0.242 e. The first-order chi connectivity index (χ1) is 19.6. The first kappa shape index (κ1) is 32.1. The summed E-state index contributed by atoms with van der Waals surface area (Å²) in [5.41, 5.74) is 3.18. The summed E-state index contributed by atoms with van der Waals surface area (Å²) in [6.45, 7) is 6.27. The molecule has 3 rings (SSSR count). The van der Waals surface area contributed by atoms with E-state index in [2.05, 4.69) is 29.8 Å². The van der Waals surface area contributed by atoms with Crippen LogP contribution in [0.4, 0.5) is 5.69 Å². The molecule has 0 heterocycles. The highest BCUT2D eigenvalue weighted by molar-refractivity contribution is 7.98. The second-order valence-electron chi connectivity index (χ2n) is 10.5. The number of rotatable bonds is 13. The molecule has 0 saturated carbocycles. The lowest BCUT2D eigenvalue weighted by molar-refractivity contribution is -0.122. The van der Waals surface area contributed by atoms with Crippen LogP contribution in [0.3, 0.4) is 0 Å². The molecule has 2 aromatic carbocycles. The van der Waals surface area contributed by atoms with Gasteiger partial charge in [-0.3, -0.25) is 14.4 Å². The number of methoxy groups -OCH3 is 3. The fourth-order valence-corrected chi connectivity index (χ4v) is 5.60. The fraction of sp³-hybridized carbons (Fsp3) is 0.516. The van der Waals surface area contributed by atoms with Gasteiger partial charge in [0.2, 0.25) is 23.0 Å². The van der Waals surface area contributed by atoms with Crippen LogP contribution in [0.2, 0.25) is 0 Å². The Morgan fingerprint density at radius 1 is 1.05 bits per heavy atom. The van der Waals surface area contributed by atoms with Crippen molar-refractivity contribution in [3.8, 4) is 28.4 Å². The van der Waals surface area contributed by atoms with Crippen molar-refractivity contribution >= 4 is 29.3 Å². The third kappa shape index (κ3) is 7.87. The quantitative estimate of drug-likeness (QED) is 0.314. The van der Waals surface area contributed by atoms with Crippen molar-refractivity contribution in [1.29, 1.82) is 0 Å². The Bertz CT molecular complexity index is 1300. The molecule has 2 atom stereocenters. The summed E-state index contributed by atoms with van der Waals surface area (Å²) in [4.78, 5) is 39.0. The summed E-state index contributed by atoms with van der Waals surface area (Å²) in [7, 11) is 4.69. The monoisotopic (exact) mass is 585 g/mol. The van der Waals surface area contributed by atoms with Crippen LogP contribution < -0.4 is 35.6 Å². The number of amides is 2. The van der Waals surface area contributed by atoms with Crippen molar-refractivity contribution in [2.45, 2.75) is 58.5 Å². The Labute approximate surface area is 247 Å². The molecule has 0 aliphatic heterocycles. The lowest BCUT2D eigenvalue weighted by atomic mass is 9.95. The Morgan fingerprint density at radius 3 is 2.39 bits per heavy atom. The van der Waals surface area contributed by atoms with Gasteiger partial charge in [-0.25, -0.2) is 0 Å². The number of hydrogen-bond acceptors (Lipinski definition) is 8. The maximum Gasteiger partial charge on any atom is 0.242 e. The molecule has 1 aliphatic rings. The van der Waals surface area contributed by atoms with Gasteiger partial charge in [0.25, 0.3) is 0 Å². The van der Waals surface area contributed by atoms with Gasteiger partial charge >= 0.3 is 0 Å². The zero-order valence-corrected chi connectivity index (χ0v) is 26.0. The molecule has 0 aromatic heterocycles.